The van der Waals surface area contributed by atoms with Gasteiger partial charge in [-0.15, -0.1) is 10.2 Å². The Bertz CT molecular complexity index is 423. The molecule has 1 aromatic rings. The average Bonchev–Trinajstić information content (AvgIpc) is 2.34. The van der Waals surface area contributed by atoms with E-state index < -0.39 is 0 Å². The Morgan fingerprint density at radius 3 is 2.89 bits per heavy atom. The standard InChI is InChI=1S/C12H17ClN4O/c1-8-7-9(5-6-17(8)2)14-12(18)10-3-4-11(13)16-15-10/h3-4,8-9H,5-7H2,1-2H3,(H,14,18). The highest BCUT2D eigenvalue weighted by atomic mass is 35.5. The van der Waals surface area contributed by atoms with E-state index in [1.165, 1.54) is 0 Å². The summed E-state index contributed by atoms with van der Waals surface area (Å²) in [6.45, 7) is 3.17. The van der Waals surface area contributed by atoms with Crippen molar-refractivity contribution in [3.63, 3.8) is 0 Å². The van der Waals surface area contributed by atoms with Crippen LogP contribution in [0.4, 0.5) is 0 Å². The van der Waals surface area contributed by atoms with E-state index >= 15 is 0 Å². The second-order valence-corrected chi connectivity index (χ2v) is 5.15. The van der Waals surface area contributed by atoms with Crippen molar-refractivity contribution in [1.29, 1.82) is 0 Å². The van der Waals surface area contributed by atoms with Gasteiger partial charge >= 0.3 is 0 Å². The van der Waals surface area contributed by atoms with Crippen LogP contribution >= 0.6 is 11.6 Å². The molecule has 0 radical (unpaired) electrons. The molecule has 0 spiro atoms. The van der Waals surface area contributed by atoms with Gasteiger partial charge in [0.05, 0.1) is 0 Å². The average molecular weight is 269 g/mol. The van der Waals surface area contributed by atoms with E-state index in [0.717, 1.165) is 19.4 Å². The number of nitrogens with zero attached hydrogens (tertiary/aromatic N) is 3. The first-order valence-electron chi connectivity index (χ1n) is 6.06. The fourth-order valence-corrected chi connectivity index (χ4v) is 2.22. The minimum atomic E-state index is -0.180. The van der Waals surface area contributed by atoms with Crippen LogP contribution in [0.25, 0.3) is 0 Å². The van der Waals surface area contributed by atoms with Crippen molar-refractivity contribution in [2.75, 3.05) is 13.6 Å². The summed E-state index contributed by atoms with van der Waals surface area (Å²) in [7, 11) is 2.10. The summed E-state index contributed by atoms with van der Waals surface area (Å²) in [6.07, 6.45) is 1.93. The molecule has 1 amide bonds. The van der Waals surface area contributed by atoms with Crippen molar-refractivity contribution in [2.45, 2.75) is 31.8 Å². The summed E-state index contributed by atoms with van der Waals surface area (Å²) < 4.78 is 0. The Hall–Kier alpha value is -1.20. The van der Waals surface area contributed by atoms with Gasteiger partial charge in [-0.25, -0.2) is 0 Å². The van der Waals surface area contributed by atoms with E-state index in [4.69, 9.17) is 11.6 Å². The Balaban J connectivity index is 1.93. The van der Waals surface area contributed by atoms with Gasteiger partial charge in [-0.05, 0) is 38.9 Å². The van der Waals surface area contributed by atoms with Gasteiger partial charge in [0.2, 0.25) is 0 Å². The normalized spacial score (nSPS) is 24.8. The lowest BCUT2D eigenvalue weighted by molar-refractivity contribution is 0.0890. The highest BCUT2D eigenvalue weighted by Crippen LogP contribution is 2.15. The number of piperidine rings is 1. The summed E-state index contributed by atoms with van der Waals surface area (Å²) in [5.41, 5.74) is 0.311. The van der Waals surface area contributed by atoms with Gasteiger partial charge in [0.15, 0.2) is 10.8 Å². The zero-order chi connectivity index (χ0) is 13.1. The number of carbonyl (C=O) groups excluding carboxylic acids is 1. The summed E-state index contributed by atoms with van der Waals surface area (Å²) in [4.78, 5) is 14.2. The number of likely N-dealkylation sites (tertiary alicyclic amines) is 1. The Kier molecular flexibility index (Phi) is 4.14. The van der Waals surface area contributed by atoms with Crippen molar-refractivity contribution in [1.82, 2.24) is 20.4 Å². The Morgan fingerprint density at radius 2 is 2.28 bits per heavy atom. The van der Waals surface area contributed by atoms with Crippen molar-refractivity contribution in [2.24, 2.45) is 0 Å². The monoisotopic (exact) mass is 268 g/mol. The molecule has 1 aromatic heterocycles. The van der Waals surface area contributed by atoms with E-state index in [9.17, 15) is 4.79 Å². The number of nitrogens with one attached hydrogen (secondary N) is 1. The topological polar surface area (TPSA) is 58.1 Å². The molecule has 1 fully saturated rings. The second kappa shape index (κ2) is 5.63. The molecule has 1 aliphatic rings. The maximum absolute atomic E-state index is 11.9. The smallest absolute Gasteiger partial charge is 0.272 e. The minimum Gasteiger partial charge on any atom is -0.348 e. The summed E-state index contributed by atoms with van der Waals surface area (Å²) in [5.74, 6) is -0.180. The van der Waals surface area contributed by atoms with E-state index in [2.05, 4.69) is 34.4 Å². The van der Waals surface area contributed by atoms with Gasteiger partial charge in [0.1, 0.15) is 0 Å². The zero-order valence-corrected chi connectivity index (χ0v) is 11.3. The summed E-state index contributed by atoms with van der Waals surface area (Å²) in [5, 5.41) is 10.7. The third kappa shape index (κ3) is 3.17. The van der Waals surface area contributed by atoms with Crippen LogP contribution in [-0.4, -0.2) is 46.7 Å². The molecule has 1 aliphatic heterocycles. The number of carbonyl (C=O) groups is 1. The molecular formula is C12H17ClN4O. The summed E-state index contributed by atoms with van der Waals surface area (Å²) in [6, 6.07) is 3.85. The lowest BCUT2D eigenvalue weighted by Gasteiger charge is -2.35. The molecule has 1 N–H and O–H groups in total. The van der Waals surface area contributed by atoms with Crippen molar-refractivity contribution >= 4 is 17.5 Å². The first-order chi connectivity index (χ1) is 8.56. The number of hydrogen-bond acceptors (Lipinski definition) is 4. The zero-order valence-electron chi connectivity index (χ0n) is 10.6. The fraction of sp³-hybridized carbons (Fsp3) is 0.583. The molecule has 18 heavy (non-hydrogen) atoms. The largest absolute Gasteiger partial charge is 0.348 e. The number of rotatable bonds is 2. The molecule has 6 heteroatoms. The molecule has 2 heterocycles. The van der Waals surface area contributed by atoms with Gasteiger partial charge < -0.3 is 10.2 Å². The quantitative estimate of drug-likeness (QED) is 0.880. The molecule has 0 bridgehead atoms. The molecular weight excluding hydrogens is 252 g/mol. The van der Waals surface area contributed by atoms with E-state index in [1.54, 1.807) is 12.1 Å². The first kappa shape index (κ1) is 13.2. The van der Waals surface area contributed by atoms with Gasteiger partial charge in [-0.1, -0.05) is 11.6 Å². The van der Waals surface area contributed by atoms with Crippen LogP contribution in [0.2, 0.25) is 5.15 Å². The first-order valence-corrected chi connectivity index (χ1v) is 6.44. The molecule has 0 aliphatic carbocycles. The van der Waals surface area contributed by atoms with Gasteiger partial charge in [-0.2, -0.15) is 0 Å². The highest BCUT2D eigenvalue weighted by molar-refractivity contribution is 6.29. The molecule has 1 saturated heterocycles. The fourth-order valence-electron chi connectivity index (χ4n) is 2.12. The van der Waals surface area contributed by atoms with Crippen LogP contribution in [0, 0.1) is 0 Å². The third-order valence-corrected chi connectivity index (χ3v) is 3.61. The highest BCUT2D eigenvalue weighted by Gasteiger charge is 2.24. The molecule has 2 unspecified atom stereocenters. The van der Waals surface area contributed by atoms with E-state index in [0.29, 0.717) is 16.9 Å². The van der Waals surface area contributed by atoms with Gasteiger partial charge in [0, 0.05) is 18.6 Å². The Morgan fingerprint density at radius 1 is 1.50 bits per heavy atom. The van der Waals surface area contributed by atoms with Crippen LogP contribution in [0.1, 0.15) is 30.3 Å². The Labute approximate surface area is 112 Å². The van der Waals surface area contributed by atoms with Crippen LogP contribution in [0.3, 0.4) is 0 Å². The number of halogens is 1. The number of hydrogen-bond donors (Lipinski definition) is 1. The maximum Gasteiger partial charge on any atom is 0.272 e. The van der Waals surface area contributed by atoms with Gasteiger partial charge in [0.25, 0.3) is 5.91 Å². The summed E-state index contributed by atoms with van der Waals surface area (Å²) >= 11 is 5.63. The molecule has 98 valence electrons. The molecule has 2 rings (SSSR count). The van der Waals surface area contributed by atoms with E-state index in [-0.39, 0.29) is 11.9 Å². The predicted octanol–water partition coefficient (Wildman–Crippen LogP) is 1.34. The lowest BCUT2D eigenvalue weighted by atomic mass is 9.99. The van der Waals surface area contributed by atoms with Crippen molar-refractivity contribution < 1.29 is 4.79 Å². The molecule has 0 aromatic carbocycles. The number of amides is 1. The van der Waals surface area contributed by atoms with Crippen LogP contribution in [-0.2, 0) is 0 Å². The molecule has 2 atom stereocenters. The third-order valence-electron chi connectivity index (χ3n) is 3.41. The second-order valence-electron chi connectivity index (χ2n) is 4.77. The predicted molar refractivity (Wildman–Crippen MR) is 69.6 cm³/mol. The van der Waals surface area contributed by atoms with Gasteiger partial charge in [-0.3, -0.25) is 4.79 Å². The SMILES string of the molecule is CC1CC(NC(=O)c2ccc(Cl)nn2)CCN1C. The molecule has 0 saturated carbocycles. The van der Waals surface area contributed by atoms with Crippen LogP contribution in [0.5, 0.6) is 0 Å². The maximum atomic E-state index is 11.9. The number of aromatic nitrogens is 2. The van der Waals surface area contributed by atoms with Crippen LogP contribution < -0.4 is 5.32 Å². The van der Waals surface area contributed by atoms with E-state index in [1.807, 2.05) is 0 Å². The van der Waals surface area contributed by atoms with Crippen molar-refractivity contribution in [3.05, 3.63) is 23.0 Å². The lowest BCUT2D eigenvalue weighted by Crippen LogP contribution is -2.47. The molecule has 5 nitrogen and oxygen atoms in total. The minimum absolute atomic E-state index is 0.180. The van der Waals surface area contributed by atoms with Crippen LogP contribution in [0.15, 0.2) is 12.1 Å². The van der Waals surface area contributed by atoms with Crippen molar-refractivity contribution in [3.8, 4) is 0 Å².